The van der Waals surface area contributed by atoms with Crippen molar-refractivity contribution in [3.05, 3.63) is 28.8 Å². The molecule has 0 aliphatic carbocycles. The van der Waals surface area contributed by atoms with Crippen molar-refractivity contribution < 1.29 is 9.53 Å². The average molecular weight is 294 g/mol. The molecule has 5 nitrogen and oxygen atoms in total. The number of nitrogens with zero attached hydrogens (tertiary/aromatic N) is 2. The molecule has 1 N–H and O–H groups in total. The molecule has 1 amide bonds. The van der Waals surface area contributed by atoms with E-state index in [1.807, 2.05) is 13.0 Å². The van der Waals surface area contributed by atoms with Crippen LogP contribution in [-0.4, -0.2) is 43.2 Å². The maximum absolute atomic E-state index is 12.6. The van der Waals surface area contributed by atoms with Gasteiger partial charge in [0.15, 0.2) is 6.10 Å². The van der Waals surface area contributed by atoms with E-state index in [9.17, 15) is 4.79 Å². The van der Waals surface area contributed by atoms with Gasteiger partial charge in [-0.2, -0.15) is 5.26 Å². The van der Waals surface area contributed by atoms with Crippen LogP contribution in [0.2, 0.25) is 5.02 Å². The largest absolute Gasteiger partial charge is 0.385 e. The number of morpholine rings is 1. The molecule has 2 rings (SSSR count). The second-order valence-electron chi connectivity index (χ2n) is 4.46. The highest BCUT2D eigenvalue weighted by Gasteiger charge is 2.26. The topological polar surface area (TPSA) is 65.4 Å². The van der Waals surface area contributed by atoms with Gasteiger partial charge in [-0.05, 0) is 25.1 Å². The quantitative estimate of drug-likeness (QED) is 0.927. The summed E-state index contributed by atoms with van der Waals surface area (Å²) in [5.41, 5.74) is 1.28. The normalized spacial score (nSPS) is 18.4. The van der Waals surface area contributed by atoms with Gasteiger partial charge >= 0.3 is 0 Å². The summed E-state index contributed by atoms with van der Waals surface area (Å²) in [6.45, 7) is 3.82. The minimum absolute atomic E-state index is 0.132. The third-order valence-corrected chi connectivity index (χ3v) is 3.31. The minimum atomic E-state index is -0.561. The number of hydrogen-bond donors (Lipinski definition) is 1. The summed E-state index contributed by atoms with van der Waals surface area (Å²) in [6.07, 6.45) is -0.561. The number of benzene rings is 1. The molecule has 1 atom stereocenters. The second-order valence-corrected chi connectivity index (χ2v) is 4.90. The fourth-order valence-corrected chi connectivity index (χ4v) is 2.29. The Kier molecular flexibility index (Phi) is 4.83. The fourth-order valence-electron chi connectivity index (χ4n) is 2.12. The Hall–Kier alpha value is -1.77. The van der Waals surface area contributed by atoms with Gasteiger partial charge in [0.1, 0.15) is 0 Å². The number of nitriles is 1. The molecule has 1 saturated heterocycles. The molecule has 20 heavy (non-hydrogen) atoms. The van der Waals surface area contributed by atoms with E-state index in [0.29, 0.717) is 30.3 Å². The SMILES string of the molecule is CCNc1ccc(Cl)cc1C(=O)N1CCOC(C#N)C1. The Bertz CT molecular complexity index is 542. The van der Waals surface area contributed by atoms with Crippen LogP contribution in [0.15, 0.2) is 18.2 Å². The molecule has 0 radical (unpaired) electrons. The summed E-state index contributed by atoms with van der Waals surface area (Å²) in [6, 6.07) is 7.22. The first-order valence-electron chi connectivity index (χ1n) is 6.49. The zero-order chi connectivity index (χ0) is 14.5. The van der Waals surface area contributed by atoms with E-state index >= 15 is 0 Å². The van der Waals surface area contributed by atoms with E-state index in [1.165, 1.54) is 0 Å². The number of rotatable bonds is 3. The number of carbonyl (C=O) groups excluding carboxylic acids is 1. The lowest BCUT2D eigenvalue weighted by molar-refractivity contribution is 0.00351. The Balaban J connectivity index is 2.24. The van der Waals surface area contributed by atoms with Gasteiger partial charge in [-0.25, -0.2) is 0 Å². The van der Waals surface area contributed by atoms with Crippen LogP contribution in [0.3, 0.4) is 0 Å². The molecule has 1 heterocycles. The van der Waals surface area contributed by atoms with E-state index in [1.54, 1.807) is 23.1 Å². The zero-order valence-electron chi connectivity index (χ0n) is 11.2. The summed E-state index contributed by atoms with van der Waals surface area (Å²) in [7, 11) is 0. The van der Waals surface area contributed by atoms with Crippen molar-refractivity contribution in [1.82, 2.24) is 4.90 Å². The van der Waals surface area contributed by atoms with Crippen molar-refractivity contribution in [2.75, 3.05) is 31.6 Å². The molecule has 1 aromatic rings. The van der Waals surface area contributed by atoms with Crippen LogP contribution >= 0.6 is 11.6 Å². The first-order valence-corrected chi connectivity index (χ1v) is 6.87. The van der Waals surface area contributed by atoms with Gasteiger partial charge in [0.05, 0.1) is 24.8 Å². The van der Waals surface area contributed by atoms with Gasteiger partial charge in [0.25, 0.3) is 5.91 Å². The lowest BCUT2D eigenvalue weighted by atomic mass is 10.1. The third kappa shape index (κ3) is 3.21. The fraction of sp³-hybridized carbons (Fsp3) is 0.429. The Morgan fingerprint density at radius 1 is 1.65 bits per heavy atom. The summed E-state index contributed by atoms with van der Waals surface area (Å²) in [5.74, 6) is -0.132. The molecule has 106 valence electrons. The molecule has 1 aliphatic rings. The van der Waals surface area contributed by atoms with Gasteiger partial charge in [-0.15, -0.1) is 0 Å². The molecule has 1 aliphatic heterocycles. The predicted octanol–water partition coefficient (Wildman–Crippen LogP) is 2.14. The van der Waals surface area contributed by atoms with Crippen molar-refractivity contribution in [3.8, 4) is 6.07 Å². The van der Waals surface area contributed by atoms with Crippen LogP contribution in [0.1, 0.15) is 17.3 Å². The van der Waals surface area contributed by atoms with Crippen molar-refractivity contribution >= 4 is 23.2 Å². The van der Waals surface area contributed by atoms with E-state index in [0.717, 1.165) is 5.69 Å². The molecule has 0 bridgehead atoms. The maximum Gasteiger partial charge on any atom is 0.256 e. The molecule has 1 aromatic carbocycles. The molecule has 0 saturated carbocycles. The third-order valence-electron chi connectivity index (χ3n) is 3.08. The number of halogens is 1. The number of anilines is 1. The van der Waals surface area contributed by atoms with Gasteiger partial charge in [-0.1, -0.05) is 11.6 Å². The van der Waals surface area contributed by atoms with Crippen molar-refractivity contribution in [1.29, 1.82) is 5.26 Å². The lowest BCUT2D eigenvalue weighted by Crippen LogP contribution is -2.45. The summed E-state index contributed by atoms with van der Waals surface area (Å²) < 4.78 is 5.25. The second kappa shape index (κ2) is 6.60. The average Bonchev–Trinajstić information content (AvgIpc) is 2.48. The Labute approximate surface area is 123 Å². The van der Waals surface area contributed by atoms with Crippen LogP contribution in [0.4, 0.5) is 5.69 Å². The maximum atomic E-state index is 12.6. The lowest BCUT2D eigenvalue weighted by Gasteiger charge is -2.30. The van der Waals surface area contributed by atoms with Crippen LogP contribution < -0.4 is 5.32 Å². The number of amides is 1. The van der Waals surface area contributed by atoms with Crippen molar-refractivity contribution in [3.63, 3.8) is 0 Å². The molecular formula is C14H16ClN3O2. The van der Waals surface area contributed by atoms with E-state index in [2.05, 4.69) is 5.32 Å². The highest BCUT2D eigenvalue weighted by molar-refractivity contribution is 6.31. The predicted molar refractivity (Wildman–Crippen MR) is 76.9 cm³/mol. The van der Waals surface area contributed by atoms with Crippen molar-refractivity contribution in [2.24, 2.45) is 0 Å². The Morgan fingerprint density at radius 2 is 2.45 bits per heavy atom. The number of hydrogen-bond acceptors (Lipinski definition) is 4. The summed E-state index contributed by atoms with van der Waals surface area (Å²) in [5, 5.41) is 12.6. The molecule has 1 unspecified atom stereocenters. The summed E-state index contributed by atoms with van der Waals surface area (Å²) >= 11 is 5.98. The number of nitrogens with one attached hydrogen (secondary N) is 1. The molecule has 0 aromatic heterocycles. The molecular weight excluding hydrogens is 278 g/mol. The van der Waals surface area contributed by atoms with Gasteiger partial charge in [-0.3, -0.25) is 4.79 Å². The first kappa shape index (κ1) is 14.6. The molecule has 6 heteroatoms. The van der Waals surface area contributed by atoms with Crippen LogP contribution in [0.5, 0.6) is 0 Å². The highest BCUT2D eigenvalue weighted by atomic mass is 35.5. The standard InChI is InChI=1S/C14H16ClN3O2/c1-2-17-13-4-3-10(15)7-12(13)14(19)18-5-6-20-11(8-16)9-18/h3-4,7,11,17H,2,5-6,9H2,1H3. The van der Waals surface area contributed by atoms with Crippen molar-refractivity contribution in [2.45, 2.75) is 13.0 Å². The monoisotopic (exact) mass is 293 g/mol. The van der Waals surface area contributed by atoms with Crippen LogP contribution in [0.25, 0.3) is 0 Å². The van der Waals surface area contributed by atoms with Gasteiger partial charge in [0, 0.05) is 23.8 Å². The molecule has 0 spiro atoms. The van der Waals surface area contributed by atoms with E-state index in [-0.39, 0.29) is 12.5 Å². The first-order chi connectivity index (χ1) is 9.65. The van der Waals surface area contributed by atoms with Crippen LogP contribution in [-0.2, 0) is 4.74 Å². The highest BCUT2D eigenvalue weighted by Crippen LogP contribution is 2.23. The number of ether oxygens (including phenoxy) is 1. The van der Waals surface area contributed by atoms with Crippen LogP contribution in [0, 0.1) is 11.3 Å². The Morgan fingerprint density at radius 3 is 3.15 bits per heavy atom. The minimum Gasteiger partial charge on any atom is -0.385 e. The van der Waals surface area contributed by atoms with E-state index in [4.69, 9.17) is 21.6 Å². The van der Waals surface area contributed by atoms with Gasteiger partial charge in [0.2, 0.25) is 0 Å². The molecule has 1 fully saturated rings. The smallest absolute Gasteiger partial charge is 0.256 e. The van der Waals surface area contributed by atoms with E-state index < -0.39 is 6.10 Å². The number of carbonyl (C=O) groups is 1. The zero-order valence-corrected chi connectivity index (χ0v) is 12.0. The summed E-state index contributed by atoms with van der Waals surface area (Å²) in [4.78, 5) is 14.2. The van der Waals surface area contributed by atoms with Gasteiger partial charge < -0.3 is 15.0 Å².